The Balaban J connectivity index is 0. The van der Waals surface area contributed by atoms with E-state index in [0.717, 1.165) is 0 Å². The molecule has 20 heavy (non-hydrogen) atoms. The van der Waals surface area contributed by atoms with Crippen molar-refractivity contribution in [2.75, 3.05) is 32.9 Å². The molecule has 10 heteroatoms. The Morgan fingerprint density at radius 2 is 1.35 bits per heavy atom. The number of hydrogen-bond acceptors (Lipinski definition) is 9. The van der Waals surface area contributed by atoms with Crippen molar-refractivity contribution in [3.63, 3.8) is 0 Å². The lowest BCUT2D eigenvalue weighted by molar-refractivity contribution is -0.164. The van der Waals surface area contributed by atoms with Crippen molar-refractivity contribution in [3.05, 3.63) is 0 Å². The molecule has 0 aliphatic heterocycles. The second-order valence-electron chi connectivity index (χ2n) is 3.71. The molecular weight excluding hydrogens is 278 g/mol. The maximum atomic E-state index is 10.1. The first-order valence-electron chi connectivity index (χ1n) is 5.81. The number of aliphatic carboxylic acids is 1. The second kappa shape index (κ2) is 13.1. The molecule has 0 saturated carbocycles. The molecule has 4 unspecified atom stereocenters. The van der Waals surface area contributed by atoms with Gasteiger partial charge in [0.1, 0.15) is 18.3 Å². The van der Waals surface area contributed by atoms with Gasteiger partial charge >= 0.3 is 5.97 Å². The summed E-state index contributed by atoms with van der Waals surface area (Å²) < 4.78 is 0. The van der Waals surface area contributed by atoms with E-state index >= 15 is 0 Å². The maximum absolute atomic E-state index is 10.1. The third kappa shape index (κ3) is 10.00. The number of hydrogen-bond donors (Lipinski definition) is 9. The Morgan fingerprint density at radius 3 is 1.65 bits per heavy atom. The van der Waals surface area contributed by atoms with E-state index in [1.807, 2.05) is 0 Å². The molecule has 9 N–H and O–H groups in total. The highest BCUT2D eigenvalue weighted by Gasteiger charge is 2.33. The van der Waals surface area contributed by atoms with Crippen molar-refractivity contribution in [2.24, 2.45) is 0 Å². The standard InChI is InChI=1S/C6H12O7.C4H11NO2/c7-1-2(8)3(9)4(10)5(11)6(12)13;6-3-1-5-2-4-7/h2-5,7-11H,1H2,(H,12,13);5-7H,1-4H2. The van der Waals surface area contributed by atoms with Gasteiger partial charge in [0.15, 0.2) is 6.10 Å². The van der Waals surface area contributed by atoms with Crippen LogP contribution in [0.4, 0.5) is 0 Å². The van der Waals surface area contributed by atoms with E-state index in [0.29, 0.717) is 13.1 Å². The molecule has 0 heterocycles. The summed E-state index contributed by atoms with van der Waals surface area (Å²) in [5, 5.41) is 70.9. The molecule has 0 saturated heterocycles. The first-order chi connectivity index (χ1) is 9.33. The van der Waals surface area contributed by atoms with Gasteiger partial charge < -0.3 is 46.2 Å². The van der Waals surface area contributed by atoms with Crippen molar-refractivity contribution in [2.45, 2.75) is 24.4 Å². The summed E-state index contributed by atoms with van der Waals surface area (Å²) in [5.74, 6) is -1.73. The zero-order chi connectivity index (χ0) is 16.1. The minimum atomic E-state index is -2.20. The Kier molecular flexibility index (Phi) is 14.1. The molecule has 0 rings (SSSR count). The molecule has 0 bridgehead atoms. The summed E-state index contributed by atoms with van der Waals surface area (Å²) in [6.45, 7) is 0.575. The van der Waals surface area contributed by atoms with Crippen LogP contribution in [0.1, 0.15) is 0 Å². The zero-order valence-electron chi connectivity index (χ0n) is 10.8. The minimum absolute atomic E-state index is 0.139. The maximum Gasteiger partial charge on any atom is 0.335 e. The minimum Gasteiger partial charge on any atom is -0.479 e. The monoisotopic (exact) mass is 301 g/mol. The quantitative estimate of drug-likeness (QED) is 0.186. The predicted octanol–water partition coefficient (Wildman–Crippen LogP) is -4.93. The van der Waals surface area contributed by atoms with Gasteiger partial charge in [0.05, 0.1) is 19.8 Å². The van der Waals surface area contributed by atoms with E-state index in [9.17, 15) is 4.79 Å². The van der Waals surface area contributed by atoms with Crippen molar-refractivity contribution >= 4 is 5.97 Å². The lowest BCUT2D eigenvalue weighted by Gasteiger charge is -2.23. The Labute approximate surface area is 115 Å². The molecular formula is C10H23NO9. The zero-order valence-corrected chi connectivity index (χ0v) is 10.8. The summed E-state index contributed by atoms with van der Waals surface area (Å²) in [6, 6.07) is 0. The van der Waals surface area contributed by atoms with E-state index in [4.69, 9.17) is 40.9 Å². The molecule has 0 radical (unpaired) electrons. The fourth-order valence-corrected chi connectivity index (χ4v) is 0.952. The number of aliphatic hydroxyl groups is 7. The fraction of sp³-hybridized carbons (Fsp3) is 0.900. The second-order valence-corrected chi connectivity index (χ2v) is 3.71. The smallest absolute Gasteiger partial charge is 0.335 e. The van der Waals surface area contributed by atoms with Crippen LogP contribution in [-0.4, -0.2) is 104 Å². The number of aliphatic hydroxyl groups excluding tert-OH is 7. The van der Waals surface area contributed by atoms with Crippen LogP contribution < -0.4 is 5.32 Å². The predicted molar refractivity (Wildman–Crippen MR) is 65.8 cm³/mol. The molecule has 122 valence electrons. The van der Waals surface area contributed by atoms with E-state index < -0.39 is 37.0 Å². The van der Waals surface area contributed by atoms with Crippen LogP contribution in [0.2, 0.25) is 0 Å². The van der Waals surface area contributed by atoms with Crippen molar-refractivity contribution in [3.8, 4) is 0 Å². The van der Waals surface area contributed by atoms with Gasteiger partial charge in [-0.2, -0.15) is 0 Å². The first kappa shape index (κ1) is 21.4. The molecule has 0 aromatic carbocycles. The van der Waals surface area contributed by atoms with Crippen LogP contribution >= 0.6 is 0 Å². The fourth-order valence-electron chi connectivity index (χ4n) is 0.952. The molecule has 0 aliphatic rings. The van der Waals surface area contributed by atoms with Gasteiger partial charge in [-0.15, -0.1) is 0 Å². The molecule has 0 aliphatic carbocycles. The third-order valence-corrected chi connectivity index (χ3v) is 2.08. The van der Waals surface area contributed by atoms with Crippen LogP contribution in [0.3, 0.4) is 0 Å². The Morgan fingerprint density at radius 1 is 0.900 bits per heavy atom. The Bertz CT molecular complexity index is 237. The molecule has 10 nitrogen and oxygen atoms in total. The summed E-state index contributed by atoms with van der Waals surface area (Å²) in [5.41, 5.74) is 0. The number of rotatable bonds is 9. The number of carboxylic acid groups (broad SMARTS) is 1. The average Bonchev–Trinajstić information content (AvgIpc) is 2.45. The first-order valence-corrected chi connectivity index (χ1v) is 5.81. The van der Waals surface area contributed by atoms with Gasteiger partial charge in [-0.25, -0.2) is 4.79 Å². The highest BCUT2D eigenvalue weighted by Crippen LogP contribution is 2.04. The molecule has 0 spiro atoms. The summed E-state index contributed by atoms with van der Waals surface area (Å²) in [6.07, 6.45) is -7.84. The molecule has 0 amide bonds. The van der Waals surface area contributed by atoms with E-state index in [-0.39, 0.29) is 13.2 Å². The van der Waals surface area contributed by atoms with Crippen molar-refractivity contribution in [1.29, 1.82) is 0 Å². The largest absolute Gasteiger partial charge is 0.479 e. The summed E-state index contributed by atoms with van der Waals surface area (Å²) in [7, 11) is 0. The molecule has 0 aromatic heterocycles. The number of carbonyl (C=O) groups is 1. The van der Waals surface area contributed by atoms with Crippen LogP contribution in [0.5, 0.6) is 0 Å². The van der Waals surface area contributed by atoms with Crippen molar-refractivity contribution < 1.29 is 45.6 Å². The highest BCUT2D eigenvalue weighted by molar-refractivity contribution is 5.72. The Hall–Kier alpha value is -0.850. The van der Waals surface area contributed by atoms with Gasteiger partial charge in [-0.3, -0.25) is 0 Å². The van der Waals surface area contributed by atoms with E-state index in [1.165, 1.54) is 0 Å². The van der Waals surface area contributed by atoms with Crippen LogP contribution in [0.15, 0.2) is 0 Å². The molecule has 4 atom stereocenters. The normalized spacial score (nSPS) is 16.6. The topological polar surface area (TPSA) is 191 Å². The van der Waals surface area contributed by atoms with E-state index in [1.54, 1.807) is 0 Å². The van der Waals surface area contributed by atoms with Gasteiger partial charge in [0.2, 0.25) is 0 Å². The summed E-state index contributed by atoms with van der Waals surface area (Å²) >= 11 is 0. The van der Waals surface area contributed by atoms with Gasteiger partial charge in [-0.05, 0) is 0 Å². The lowest BCUT2D eigenvalue weighted by atomic mass is 10.0. The average molecular weight is 301 g/mol. The SMILES string of the molecule is O=C(O)C(O)C(O)C(O)C(O)CO.OCCNCCO. The van der Waals surface area contributed by atoms with Crippen LogP contribution in [0.25, 0.3) is 0 Å². The third-order valence-electron chi connectivity index (χ3n) is 2.08. The lowest BCUT2D eigenvalue weighted by Crippen LogP contribution is -2.48. The molecule has 0 fully saturated rings. The van der Waals surface area contributed by atoms with Gasteiger partial charge in [0.25, 0.3) is 0 Å². The number of carboxylic acids is 1. The molecule has 0 aromatic rings. The van der Waals surface area contributed by atoms with Crippen molar-refractivity contribution in [1.82, 2.24) is 5.32 Å². The summed E-state index contributed by atoms with van der Waals surface area (Å²) in [4.78, 5) is 10.1. The van der Waals surface area contributed by atoms with Crippen LogP contribution in [-0.2, 0) is 4.79 Å². The van der Waals surface area contributed by atoms with Crippen LogP contribution in [0, 0.1) is 0 Å². The highest BCUT2D eigenvalue weighted by atomic mass is 16.4. The van der Waals surface area contributed by atoms with Gasteiger partial charge in [-0.1, -0.05) is 0 Å². The van der Waals surface area contributed by atoms with E-state index in [2.05, 4.69) is 5.32 Å². The van der Waals surface area contributed by atoms with Gasteiger partial charge in [0, 0.05) is 13.1 Å². The number of nitrogens with one attached hydrogen (secondary N) is 1.